The van der Waals surface area contributed by atoms with Gasteiger partial charge in [0.1, 0.15) is 18.3 Å². The Morgan fingerprint density at radius 1 is 0.923 bits per heavy atom. The number of nitrogens with zero attached hydrogens (tertiary/aromatic N) is 2. The zero-order chi connectivity index (χ0) is 28.6. The minimum absolute atomic E-state index is 0.0431. The van der Waals surface area contributed by atoms with E-state index < -0.39 is 28.5 Å². The molecule has 3 rings (SSSR count). The lowest BCUT2D eigenvalue weighted by atomic mass is 10.1. The molecule has 1 N–H and O–H groups in total. The zero-order valence-electron chi connectivity index (χ0n) is 22.5. The van der Waals surface area contributed by atoms with E-state index in [1.807, 2.05) is 20.8 Å². The number of hydrogen-bond acceptors (Lipinski definition) is 5. The van der Waals surface area contributed by atoms with Crippen LogP contribution in [0, 0.1) is 0 Å². The number of nitrogens with one attached hydrogen (secondary N) is 1. The van der Waals surface area contributed by atoms with Crippen molar-refractivity contribution in [2.45, 2.75) is 51.2 Å². The number of rotatable bonds is 12. The molecule has 8 nitrogen and oxygen atoms in total. The van der Waals surface area contributed by atoms with Crippen molar-refractivity contribution in [3.8, 4) is 5.75 Å². The van der Waals surface area contributed by atoms with E-state index in [1.165, 1.54) is 17.0 Å². The van der Waals surface area contributed by atoms with Crippen LogP contribution in [0.4, 0.5) is 5.69 Å². The molecular weight excluding hydrogens is 538 g/mol. The Morgan fingerprint density at radius 3 is 2.10 bits per heavy atom. The summed E-state index contributed by atoms with van der Waals surface area (Å²) in [4.78, 5) is 28.2. The van der Waals surface area contributed by atoms with E-state index >= 15 is 0 Å². The second-order valence-corrected chi connectivity index (χ2v) is 11.5. The molecule has 0 heterocycles. The van der Waals surface area contributed by atoms with E-state index in [2.05, 4.69) is 5.32 Å². The normalized spacial score (nSPS) is 12.1. The Balaban J connectivity index is 2.01. The summed E-state index contributed by atoms with van der Waals surface area (Å²) in [5.74, 6) is -0.302. The molecule has 0 bridgehead atoms. The lowest BCUT2D eigenvalue weighted by Gasteiger charge is -2.32. The number of carbonyl (C=O) groups is 2. The van der Waals surface area contributed by atoms with Gasteiger partial charge in [0.15, 0.2) is 0 Å². The minimum atomic E-state index is -4.12. The number of ether oxygens (including phenoxy) is 1. The molecule has 0 saturated carbocycles. The predicted molar refractivity (Wildman–Crippen MR) is 153 cm³/mol. The van der Waals surface area contributed by atoms with Crippen LogP contribution in [-0.4, -0.2) is 50.4 Å². The van der Waals surface area contributed by atoms with Gasteiger partial charge in [-0.3, -0.25) is 13.9 Å². The molecule has 0 aliphatic rings. The molecule has 3 aromatic carbocycles. The van der Waals surface area contributed by atoms with Gasteiger partial charge in [-0.25, -0.2) is 8.42 Å². The minimum Gasteiger partial charge on any atom is -0.494 e. The van der Waals surface area contributed by atoms with Crippen molar-refractivity contribution in [3.63, 3.8) is 0 Å². The molecule has 3 aromatic rings. The van der Waals surface area contributed by atoms with Crippen LogP contribution in [0.1, 0.15) is 33.3 Å². The van der Waals surface area contributed by atoms with Gasteiger partial charge in [-0.1, -0.05) is 41.9 Å². The van der Waals surface area contributed by atoms with E-state index in [1.54, 1.807) is 73.7 Å². The van der Waals surface area contributed by atoms with Crippen molar-refractivity contribution in [1.29, 1.82) is 0 Å². The van der Waals surface area contributed by atoms with Gasteiger partial charge in [0.2, 0.25) is 11.8 Å². The first kappa shape index (κ1) is 30.0. The summed E-state index contributed by atoms with van der Waals surface area (Å²) < 4.78 is 34.1. The van der Waals surface area contributed by atoms with Gasteiger partial charge in [0.25, 0.3) is 10.0 Å². The fourth-order valence-electron chi connectivity index (χ4n) is 3.90. The maximum Gasteiger partial charge on any atom is 0.264 e. The lowest BCUT2D eigenvalue weighted by molar-refractivity contribution is -0.139. The maximum atomic E-state index is 13.9. The SMILES string of the molecule is CCOc1ccc(N(CC(=O)N(Cc2ccc(Cl)cc2)C(C)C(=O)NC(C)C)S(=O)(=O)c2ccccc2)cc1. The average molecular weight is 572 g/mol. The topological polar surface area (TPSA) is 96.0 Å². The van der Waals surface area contributed by atoms with E-state index in [-0.39, 0.29) is 23.4 Å². The first-order chi connectivity index (χ1) is 18.5. The number of anilines is 1. The molecule has 208 valence electrons. The third kappa shape index (κ3) is 7.97. The fourth-order valence-corrected chi connectivity index (χ4v) is 5.46. The van der Waals surface area contributed by atoms with Gasteiger partial charge in [-0.2, -0.15) is 0 Å². The summed E-state index contributed by atoms with van der Waals surface area (Å²) in [6, 6.07) is 20.3. The van der Waals surface area contributed by atoms with Gasteiger partial charge in [0.05, 0.1) is 17.2 Å². The first-order valence-electron chi connectivity index (χ1n) is 12.7. The van der Waals surface area contributed by atoms with Crippen molar-refractivity contribution >= 4 is 39.1 Å². The van der Waals surface area contributed by atoms with Crippen molar-refractivity contribution in [1.82, 2.24) is 10.2 Å². The molecule has 0 aliphatic carbocycles. The molecule has 0 fully saturated rings. The molecule has 39 heavy (non-hydrogen) atoms. The van der Waals surface area contributed by atoms with E-state index in [4.69, 9.17) is 16.3 Å². The highest BCUT2D eigenvalue weighted by Crippen LogP contribution is 2.26. The van der Waals surface area contributed by atoms with Gasteiger partial charge in [-0.05, 0) is 81.8 Å². The second-order valence-electron chi connectivity index (χ2n) is 9.24. The summed E-state index contributed by atoms with van der Waals surface area (Å²) in [6.07, 6.45) is 0. The van der Waals surface area contributed by atoms with Crippen molar-refractivity contribution in [3.05, 3.63) is 89.4 Å². The summed E-state index contributed by atoms with van der Waals surface area (Å²) in [5, 5.41) is 3.37. The number of hydrogen-bond donors (Lipinski definition) is 1. The van der Waals surface area contributed by atoms with E-state index in [0.717, 1.165) is 9.87 Å². The quantitative estimate of drug-likeness (QED) is 0.334. The monoisotopic (exact) mass is 571 g/mol. The summed E-state index contributed by atoms with van der Waals surface area (Å²) >= 11 is 6.03. The van der Waals surface area contributed by atoms with Crippen molar-refractivity contribution in [2.75, 3.05) is 17.5 Å². The average Bonchev–Trinajstić information content (AvgIpc) is 2.91. The highest BCUT2D eigenvalue weighted by molar-refractivity contribution is 7.92. The molecule has 2 amide bonds. The molecule has 1 atom stereocenters. The molecular formula is C29H34ClN3O5S. The Labute approximate surface area is 235 Å². The largest absolute Gasteiger partial charge is 0.494 e. The lowest BCUT2D eigenvalue weighted by Crippen LogP contribution is -2.52. The summed E-state index contributed by atoms with van der Waals surface area (Å²) in [7, 11) is -4.12. The van der Waals surface area contributed by atoms with E-state index in [0.29, 0.717) is 23.1 Å². The zero-order valence-corrected chi connectivity index (χ0v) is 24.1. The third-order valence-corrected chi connectivity index (χ3v) is 7.95. The molecule has 0 spiro atoms. The van der Waals surface area contributed by atoms with Crippen molar-refractivity contribution < 1.29 is 22.7 Å². The smallest absolute Gasteiger partial charge is 0.264 e. The van der Waals surface area contributed by atoms with Crippen LogP contribution in [0.15, 0.2) is 83.8 Å². The van der Waals surface area contributed by atoms with E-state index in [9.17, 15) is 18.0 Å². The van der Waals surface area contributed by atoms with Crippen LogP contribution in [0.3, 0.4) is 0 Å². The van der Waals surface area contributed by atoms with Crippen LogP contribution in [-0.2, 0) is 26.2 Å². The number of amides is 2. The summed E-state index contributed by atoms with van der Waals surface area (Å²) in [5.41, 5.74) is 1.04. The fraction of sp³-hybridized carbons (Fsp3) is 0.310. The molecule has 10 heteroatoms. The van der Waals surface area contributed by atoms with Crippen LogP contribution in [0.25, 0.3) is 0 Å². The Hall–Kier alpha value is -3.56. The highest BCUT2D eigenvalue weighted by atomic mass is 35.5. The van der Waals surface area contributed by atoms with Crippen LogP contribution >= 0.6 is 11.6 Å². The number of carbonyl (C=O) groups excluding carboxylic acids is 2. The number of halogens is 1. The molecule has 0 saturated heterocycles. The second kappa shape index (κ2) is 13.5. The Kier molecular flexibility index (Phi) is 10.4. The number of sulfonamides is 1. The van der Waals surface area contributed by atoms with Crippen LogP contribution in [0.5, 0.6) is 5.75 Å². The maximum absolute atomic E-state index is 13.9. The highest BCUT2D eigenvalue weighted by Gasteiger charge is 2.32. The first-order valence-corrected chi connectivity index (χ1v) is 14.5. The Bertz CT molecular complexity index is 1350. The van der Waals surface area contributed by atoms with Crippen LogP contribution in [0.2, 0.25) is 5.02 Å². The molecule has 0 aromatic heterocycles. The van der Waals surface area contributed by atoms with Crippen LogP contribution < -0.4 is 14.4 Å². The van der Waals surface area contributed by atoms with Crippen molar-refractivity contribution in [2.24, 2.45) is 0 Å². The summed E-state index contributed by atoms with van der Waals surface area (Å²) in [6.45, 7) is 7.17. The van der Waals surface area contributed by atoms with Gasteiger partial charge in [-0.15, -0.1) is 0 Å². The van der Waals surface area contributed by atoms with Gasteiger partial charge < -0.3 is 15.0 Å². The third-order valence-electron chi connectivity index (χ3n) is 5.91. The standard InChI is InChI=1S/C29H34ClN3O5S/c1-5-38-26-17-15-25(16-18-26)33(39(36,37)27-9-7-6-8-10-27)20-28(34)32(22(4)29(35)31-21(2)3)19-23-11-13-24(30)14-12-23/h6-18,21-22H,5,19-20H2,1-4H3,(H,31,35). The molecule has 1 unspecified atom stereocenters. The Morgan fingerprint density at radius 2 is 1.54 bits per heavy atom. The number of benzene rings is 3. The molecule has 0 aliphatic heterocycles. The predicted octanol–water partition coefficient (Wildman–Crippen LogP) is 4.88. The molecule has 0 radical (unpaired) electrons. The van der Waals surface area contributed by atoms with Gasteiger partial charge >= 0.3 is 0 Å². The van der Waals surface area contributed by atoms with Gasteiger partial charge in [0, 0.05) is 17.6 Å².